The summed E-state index contributed by atoms with van der Waals surface area (Å²) < 4.78 is 13.1. The zero-order valence-corrected chi connectivity index (χ0v) is 13.9. The number of hydrogen-bond donors (Lipinski definition) is 2. The third-order valence-corrected chi connectivity index (χ3v) is 4.75. The van der Waals surface area contributed by atoms with Crippen molar-refractivity contribution in [1.29, 1.82) is 0 Å². The minimum absolute atomic E-state index is 0.185. The smallest absolute Gasteiger partial charge is 0.260 e. The number of hydrogen-bond acceptors (Lipinski definition) is 4. The molecule has 0 atom stereocenters. The van der Waals surface area contributed by atoms with Crippen LogP contribution in [0.15, 0.2) is 64.8 Å². The zero-order valence-electron chi connectivity index (χ0n) is 13.1. The van der Waals surface area contributed by atoms with Gasteiger partial charge < -0.3 is 10.3 Å². The first-order valence-electron chi connectivity index (χ1n) is 7.76. The van der Waals surface area contributed by atoms with Gasteiger partial charge in [-0.25, -0.2) is 9.37 Å². The Labute approximate surface area is 147 Å². The van der Waals surface area contributed by atoms with Gasteiger partial charge in [-0.15, -0.1) is 11.3 Å². The lowest BCUT2D eigenvalue weighted by Crippen LogP contribution is -2.14. The van der Waals surface area contributed by atoms with Crippen molar-refractivity contribution < 1.29 is 4.39 Å². The van der Waals surface area contributed by atoms with E-state index in [1.54, 1.807) is 12.1 Å². The molecule has 4 nitrogen and oxygen atoms in total. The van der Waals surface area contributed by atoms with E-state index in [0.717, 1.165) is 16.8 Å². The summed E-state index contributed by atoms with van der Waals surface area (Å²) in [6, 6.07) is 15.8. The van der Waals surface area contributed by atoms with Crippen molar-refractivity contribution in [1.82, 2.24) is 9.97 Å². The van der Waals surface area contributed by atoms with Gasteiger partial charge in [-0.1, -0.05) is 30.3 Å². The summed E-state index contributed by atoms with van der Waals surface area (Å²) >= 11 is 1.41. The van der Waals surface area contributed by atoms with Crippen LogP contribution in [0.5, 0.6) is 0 Å². The number of aromatic nitrogens is 2. The molecule has 4 rings (SSSR count). The van der Waals surface area contributed by atoms with Crippen molar-refractivity contribution in [2.75, 3.05) is 5.32 Å². The Hall–Kier alpha value is -2.99. The highest BCUT2D eigenvalue weighted by molar-refractivity contribution is 7.17. The Kier molecular flexibility index (Phi) is 4.03. The fourth-order valence-corrected chi connectivity index (χ4v) is 3.63. The molecule has 0 fully saturated rings. The molecule has 2 heterocycles. The maximum atomic E-state index is 13.1. The van der Waals surface area contributed by atoms with Crippen LogP contribution in [0.2, 0.25) is 0 Å². The van der Waals surface area contributed by atoms with Crippen molar-refractivity contribution in [2.24, 2.45) is 0 Å². The first-order chi connectivity index (χ1) is 12.2. The number of halogens is 1. The molecule has 0 aliphatic carbocycles. The fourth-order valence-electron chi connectivity index (χ4n) is 2.66. The van der Waals surface area contributed by atoms with E-state index in [-0.39, 0.29) is 11.4 Å². The number of nitrogens with zero attached hydrogens (tertiary/aromatic N) is 1. The van der Waals surface area contributed by atoms with Crippen molar-refractivity contribution in [3.05, 3.63) is 82.0 Å². The lowest BCUT2D eigenvalue weighted by molar-refractivity contribution is 0.628. The predicted molar refractivity (Wildman–Crippen MR) is 99.4 cm³/mol. The van der Waals surface area contributed by atoms with E-state index >= 15 is 0 Å². The van der Waals surface area contributed by atoms with E-state index in [1.807, 2.05) is 35.7 Å². The normalized spacial score (nSPS) is 10.9. The lowest BCUT2D eigenvalue weighted by atomic mass is 10.1. The molecule has 0 bridgehead atoms. The summed E-state index contributed by atoms with van der Waals surface area (Å²) in [7, 11) is 0. The molecule has 0 amide bonds. The van der Waals surface area contributed by atoms with E-state index in [1.165, 1.54) is 23.5 Å². The van der Waals surface area contributed by atoms with Crippen LogP contribution in [0.4, 0.5) is 10.1 Å². The summed E-state index contributed by atoms with van der Waals surface area (Å²) in [5.74, 6) is 0.276. The van der Waals surface area contributed by atoms with Gasteiger partial charge in [-0.2, -0.15) is 0 Å². The van der Waals surface area contributed by atoms with Crippen LogP contribution >= 0.6 is 11.3 Å². The molecule has 0 radical (unpaired) electrons. The summed E-state index contributed by atoms with van der Waals surface area (Å²) in [4.78, 5) is 20.6. The van der Waals surface area contributed by atoms with Crippen LogP contribution in [-0.2, 0) is 6.54 Å². The van der Waals surface area contributed by atoms with E-state index in [4.69, 9.17) is 0 Å². The quantitative estimate of drug-likeness (QED) is 0.573. The SMILES string of the molecule is O=c1[nH]c(CNc2ccccc2)nc2scc(-c3ccc(F)cc3)c12. The number of benzene rings is 2. The van der Waals surface area contributed by atoms with E-state index < -0.39 is 0 Å². The van der Waals surface area contributed by atoms with Gasteiger partial charge in [0.15, 0.2) is 0 Å². The van der Waals surface area contributed by atoms with Crippen LogP contribution in [0.1, 0.15) is 5.82 Å². The topological polar surface area (TPSA) is 57.8 Å². The van der Waals surface area contributed by atoms with Crippen LogP contribution in [0.3, 0.4) is 0 Å². The first-order valence-corrected chi connectivity index (χ1v) is 8.64. The number of H-pyrrole nitrogens is 1. The Bertz CT molecular complexity index is 1070. The molecule has 0 saturated carbocycles. The molecule has 0 aliphatic rings. The first kappa shape index (κ1) is 15.5. The van der Waals surface area contributed by atoms with Gasteiger partial charge >= 0.3 is 0 Å². The van der Waals surface area contributed by atoms with Crippen molar-refractivity contribution in [3.8, 4) is 11.1 Å². The minimum atomic E-state index is -0.301. The van der Waals surface area contributed by atoms with Crippen LogP contribution < -0.4 is 10.9 Å². The highest BCUT2D eigenvalue weighted by Crippen LogP contribution is 2.30. The Balaban J connectivity index is 1.67. The number of anilines is 1. The third kappa shape index (κ3) is 3.16. The maximum absolute atomic E-state index is 13.1. The second kappa shape index (κ2) is 6.49. The minimum Gasteiger partial charge on any atom is -0.378 e. The van der Waals surface area contributed by atoms with Gasteiger partial charge in [0.05, 0.1) is 11.9 Å². The number of para-hydroxylation sites is 1. The highest BCUT2D eigenvalue weighted by Gasteiger charge is 2.13. The molecule has 0 unspecified atom stereocenters. The molecule has 2 aromatic carbocycles. The predicted octanol–water partition coefficient (Wildman–Crippen LogP) is 4.40. The number of nitrogens with one attached hydrogen (secondary N) is 2. The van der Waals surface area contributed by atoms with Gasteiger partial charge in [0.25, 0.3) is 5.56 Å². The van der Waals surface area contributed by atoms with Crippen molar-refractivity contribution in [3.63, 3.8) is 0 Å². The van der Waals surface area contributed by atoms with Gasteiger partial charge in [0.2, 0.25) is 0 Å². The molecule has 0 spiro atoms. The summed E-state index contributed by atoms with van der Waals surface area (Å²) in [6.45, 7) is 0.430. The lowest BCUT2D eigenvalue weighted by Gasteiger charge is -2.06. The average molecular weight is 351 g/mol. The summed E-state index contributed by atoms with van der Waals surface area (Å²) in [6.07, 6.45) is 0. The Morgan fingerprint density at radius 3 is 2.60 bits per heavy atom. The molecule has 4 aromatic rings. The van der Waals surface area contributed by atoms with Gasteiger partial charge in [-0.05, 0) is 29.8 Å². The monoisotopic (exact) mass is 351 g/mol. The number of rotatable bonds is 4. The second-order valence-corrected chi connectivity index (χ2v) is 6.43. The van der Waals surface area contributed by atoms with E-state index in [0.29, 0.717) is 22.6 Å². The molecule has 2 N–H and O–H groups in total. The van der Waals surface area contributed by atoms with E-state index in [2.05, 4.69) is 15.3 Å². The molecular weight excluding hydrogens is 337 g/mol. The van der Waals surface area contributed by atoms with Crippen molar-refractivity contribution >= 4 is 27.2 Å². The zero-order chi connectivity index (χ0) is 17.2. The second-order valence-electron chi connectivity index (χ2n) is 5.57. The Morgan fingerprint density at radius 2 is 1.84 bits per heavy atom. The van der Waals surface area contributed by atoms with E-state index in [9.17, 15) is 9.18 Å². The van der Waals surface area contributed by atoms with Gasteiger partial charge in [0, 0.05) is 16.6 Å². The molecule has 0 saturated heterocycles. The summed E-state index contributed by atoms with van der Waals surface area (Å²) in [5.41, 5.74) is 2.35. The molecular formula is C19H14FN3OS. The highest BCUT2D eigenvalue weighted by atomic mass is 32.1. The molecule has 124 valence electrons. The fraction of sp³-hybridized carbons (Fsp3) is 0.0526. The van der Waals surface area contributed by atoms with Gasteiger partial charge in [-0.3, -0.25) is 4.79 Å². The molecule has 25 heavy (non-hydrogen) atoms. The van der Waals surface area contributed by atoms with Gasteiger partial charge in [0.1, 0.15) is 16.5 Å². The van der Waals surface area contributed by atoms with Crippen molar-refractivity contribution in [2.45, 2.75) is 6.54 Å². The van der Waals surface area contributed by atoms with Crippen LogP contribution in [0.25, 0.3) is 21.3 Å². The largest absolute Gasteiger partial charge is 0.378 e. The standard InChI is InChI=1S/C19H14FN3OS/c20-13-8-6-12(7-9-13)15-11-25-19-17(15)18(24)22-16(23-19)10-21-14-4-2-1-3-5-14/h1-9,11,21H,10H2,(H,22,23,24). The van der Waals surface area contributed by atoms with Crippen LogP contribution in [-0.4, -0.2) is 9.97 Å². The summed E-state index contributed by atoms with van der Waals surface area (Å²) in [5, 5.41) is 5.65. The number of fused-ring (bicyclic) bond motifs is 1. The maximum Gasteiger partial charge on any atom is 0.260 e. The molecule has 6 heteroatoms. The third-order valence-electron chi connectivity index (χ3n) is 3.88. The Morgan fingerprint density at radius 1 is 1.08 bits per heavy atom. The number of aromatic amines is 1. The molecule has 2 aromatic heterocycles. The number of thiophene rings is 1. The molecule has 0 aliphatic heterocycles. The van der Waals surface area contributed by atoms with Crippen LogP contribution in [0, 0.1) is 5.82 Å². The average Bonchev–Trinajstić information content (AvgIpc) is 3.06.